The lowest BCUT2D eigenvalue weighted by molar-refractivity contribution is -0.0506. The maximum atomic E-state index is 12.1. The van der Waals surface area contributed by atoms with E-state index in [1.807, 2.05) is 0 Å². The van der Waals surface area contributed by atoms with Crippen LogP contribution in [0.15, 0.2) is 18.2 Å². The summed E-state index contributed by atoms with van der Waals surface area (Å²) < 4.78 is 28.4. The number of ether oxygens (including phenoxy) is 1. The standard InChI is InChI=1S/C10H8ClF2NO2/c11-7-1-2-9(16-10(12)13)8(3-7)6(4-14)5-15/h1-3,6,10,15H,5H2. The average Bonchev–Trinajstić information content (AvgIpc) is 2.23. The molecule has 1 N–H and O–H groups in total. The van der Waals surface area contributed by atoms with E-state index in [9.17, 15) is 8.78 Å². The Balaban J connectivity index is 3.12. The second-order valence-electron chi connectivity index (χ2n) is 2.92. The number of aliphatic hydroxyl groups is 1. The molecule has 1 unspecified atom stereocenters. The summed E-state index contributed by atoms with van der Waals surface area (Å²) in [7, 11) is 0. The first-order valence-electron chi connectivity index (χ1n) is 4.33. The van der Waals surface area contributed by atoms with E-state index in [1.54, 1.807) is 6.07 Å². The van der Waals surface area contributed by atoms with Crippen LogP contribution in [-0.2, 0) is 0 Å². The lowest BCUT2D eigenvalue weighted by Gasteiger charge is -2.13. The number of alkyl halides is 2. The van der Waals surface area contributed by atoms with E-state index < -0.39 is 19.1 Å². The molecule has 16 heavy (non-hydrogen) atoms. The number of nitrogens with zero attached hydrogens (tertiary/aromatic N) is 1. The summed E-state index contributed by atoms with van der Waals surface area (Å²) in [5, 5.41) is 17.9. The zero-order chi connectivity index (χ0) is 12.1. The maximum absolute atomic E-state index is 12.1. The zero-order valence-corrected chi connectivity index (χ0v) is 8.79. The van der Waals surface area contributed by atoms with Crippen molar-refractivity contribution in [1.29, 1.82) is 5.26 Å². The zero-order valence-electron chi connectivity index (χ0n) is 8.03. The lowest BCUT2D eigenvalue weighted by Crippen LogP contribution is -2.08. The van der Waals surface area contributed by atoms with Gasteiger partial charge in [0.1, 0.15) is 5.75 Å². The van der Waals surface area contributed by atoms with Crippen molar-refractivity contribution in [2.45, 2.75) is 12.5 Å². The highest BCUT2D eigenvalue weighted by Crippen LogP contribution is 2.30. The molecule has 3 nitrogen and oxygen atoms in total. The van der Waals surface area contributed by atoms with Crippen LogP contribution in [0.25, 0.3) is 0 Å². The first-order chi connectivity index (χ1) is 7.58. The van der Waals surface area contributed by atoms with Crippen LogP contribution in [0.5, 0.6) is 5.75 Å². The maximum Gasteiger partial charge on any atom is 0.387 e. The molecule has 0 bridgehead atoms. The van der Waals surface area contributed by atoms with E-state index in [4.69, 9.17) is 22.0 Å². The van der Waals surface area contributed by atoms with Crippen LogP contribution in [0.4, 0.5) is 8.78 Å². The quantitative estimate of drug-likeness (QED) is 0.890. The van der Waals surface area contributed by atoms with Crippen LogP contribution in [-0.4, -0.2) is 18.3 Å². The van der Waals surface area contributed by atoms with Gasteiger partial charge in [0.2, 0.25) is 0 Å². The summed E-state index contributed by atoms with van der Waals surface area (Å²) in [6.45, 7) is -3.48. The van der Waals surface area contributed by atoms with Gasteiger partial charge in [-0.3, -0.25) is 0 Å². The second-order valence-corrected chi connectivity index (χ2v) is 3.36. The van der Waals surface area contributed by atoms with Crippen molar-refractivity contribution in [3.05, 3.63) is 28.8 Å². The van der Waals surface area contributed by atoms with Gasteiger partial charge in [0, 0.05) is 10.6 Å². The highest BCUT2D eigenvalue weighted by Gasteiger charge is 2.17. The minimum atomic E-state index is -2.99. The molecule has 1 aromatic carbocycles. The van der Waals surface area contributed by atoms with Crippen molar-refractivity contribution in [2.24, 2.45) is 0 Å². The molecular formula is C10H8ClF2NO2. The van der Waals surface area contributed by atoms with Gasteiger partial charge in [-0.05, 0) is 18.2 Å². The Kier molecular flexibility index (Phi) is 4.47. The number of rotatable bonds is 4. The van der Waals surface area contributed by atoms with Crippen LogP contribution >= 0.6 is 11.6 Å². The monoisotopic (exact) mass is 247 g/mol. The Labute approximate surface area is 95.8 Å². The molecule has 0 saturated heterocycles. The van der Waals surface area contributed by atoms with Crippen LogP contribution < -0.4 is 4.74 Å². The molecule has 0 aliphatic heterocycles. The van der Waals surface area contributed by atoms with Crippen molar-refractivity contribution >= 4 is 11.6 Å². The molecule has 0 aromatic heterocycles. The third-order valence-electron chi connectivity index (χ3n) is 1.90. The predicted octanol–water partition coefficient (Wildman–Crippen LogP) is 2.54. The number of hydrogen-bond acceptors (Lipinski definition) is 3. The molecule has 0 spiro atoms. The molecule has 1 aromatic rings. The van der Waals surface area contributed by atoms with Gasteiger partial charge >= 0.3 is 6.61 Å². The summed E-state index contributed by atoms with van der Waals surface area (Å²) in [5.41, 5.74) is 0.151. The molecule has 0 radical (unpaired) electrons. The first kappa shape index (κ1) is 12.7. The molecular weight excluding hydrogens is 240 g/mol. The molecule has 0 amide bonds. The normalized spacial score (nSPS) is 12.2. The van der Waals surface area contributed by atoms with Gasteiger partial charge in [-0.2, -0.15) is 14.0 Å². The van der Waals surface area contributed by atoms with Crippen molar-refractivity contribution < 1.29 is 18.6 Å². The number of halogens is 3. The van der Waals surface area contributed by atoms with Gasteiger partial charge in [-0.1, -0.05) is 11.6 Å². The van der Waals surface area contributed by atoms with Gasteiger partial charge in [-0.25, -0.2) is 0 Å². The van der Waals surface area contributed by atoms with Gasteiger partial charge in [0.05, 0.1) is 18.6 Å². The van der Waals surface area contributed by atoms with Crippen molar-refractivity contribution in [3.63, 3.8) is 0 Å². The third kappa shape index (κ3) is 3.05. The fourth-order valence-corrected chi connectivity index (χ4v) is 1.38. The van der Waals surface area contributed by atoms with Crippen molar-refractivity contribution in [1.82, 2.24) is 0 Å². The number of aliphatic hydroxyl groups excluding tert-OH is 1. The highest BCUT2D eigenvalue weighted by atomic mass is 35.5. The summed E-state index contributed by atoms with van der Waals surface area (Å²) >= 11 is 5.68. The van der Waals surface area contributed by atoms with Crippen LogP contribution in [0.2, 0.25) is 5.02 Å². The molecule has 0 aliphatic rings. The van der Waals surface area contributed by atoms with Crippen LogP contribution in [0, 0.1) is 11.3 Å². The van der Waals surface area contributed by atoms with Gasteiger partial charge in [0.25, 0.3) is 0 Å². The number of benzene rings is 1. The number of hydrogen-bond donors (Lipinski definition) is 1. The Bertz CT molecular complexity index is 406. The van der Waals surface area contributed by atoms with E-state index in [0.29, 0.717) is 0 Å². The Hall–Kier alpha value is -1.38. The van der Waals surface area contributed by atoms with E-state index >= 15 is 0 Å². The van der Waals surface area contributed by atoms with Gasteiger partial charge in [-0.15, -0.1) is 0 Å². The average molecular weight is 248 g/mol. The molecule has 86 valence electrons. The summed E-state index contributed by atoms with van der Waals surface area (Å²) in [6.07, 6.45) is 0. The van der Waals surface area contributed by atoms with Gasteiger partial charge < -0.3 is 9.84 Å². The fourth-order valence-electron chi connectivity index (χ4n) is 1.20. The first-order valence-corrected chi connectivity index (χ1v) is 4.71. The smallest absolute Gasteiger partial charge is 0.387 e. The lowest BCUT2D eigenvalue weighted by atomic mass is 10.0. The molecule has 6 heteroatoms. The van der Waals surface area contributed by atoms with E-state index in [-0.39, 0.29) is 16.3 Å². The minimum Gasteiger partial charge on any atom is -0.434 e. The Morgan fingerprint density at radius 1 is 1.50 bits per heavy atom. The Morgan fingerprint density at radius 2 is 2.19 bits per heavy atom. The van der Waals surface area contributed by atoms with Crippen molar-refractivity contribution in [3.8, 4) is 11.8 Å². The third-order valence-corrected chi connectivity index (χ3v) is 2.14. The minimum absolute atomic E-state index is 0.151. The van der Waals surface area contributed by atoms with Crippen molar-refractivity contribution in [2.75, 3.05) is 6.61 Å². The summed E-state index contributed by atoms with van der Waals surface area (Å²) in [4.78, 5) is 0. The fraction of sp³-hybridized carbons (Fsp3) is 0.300. The Morgan fingerprint density at radius 3 is 2.69 bits per heavy atom. The topological polar surface area (TPSA) is 53.2 Å². The molecule has 0 saturated carbocycles. The summed E-state index contributed by atoms with van der Waals surface area (Å²) in [6, 6.07) is 5.71. The largest absolute Gasteiger partial charge is 0.434 e. The SMILES string of the molecule is N#CC(CO)c1cc(Cl)ccc1OC(F)F. The molecule has 0 heterocycles. The van der Waals surface area contributed by atoms with E-state index in [1.165, 1.54) is 18.2 Å². The van der Waals surface area contributed by atoms with Crippen LogP contribution in [0.1, 0.15) is 11.5 Å². The summed E-state index contributed by atoms with van der Waals surface area (Å²) in [5.74, 6) is -1.09. The predicted molar refractivity (Wildman–Crippen MR) is 53.5 cm³/mol. The molecule has 1 atom stereocenters. The van der Waals surface area contributed by atoms with E-state index in [0.717, 1.165) is 0 Å². The molecule has 0 aliphatic carbocycles. The van der Waals surface area contributed by atoms with E-state index in [2.05, 4.69) is 4.74 Å². The second kappa shape index (κ2) is 5.64. The van der Waals surface area contributed by atoms with Crippen LogP contribution in [0.3, 0.4) is 0 Å². The number of nitriles is 1. The highest BCUT2D eigenvalue weighted by molar-refractivity contribution is 6.30. The molecule has 0 fully saturated rings. The van der Waals surface area contributed by atoms with Gasteiger partial charge in [0.15, 0.2) is 0 Å². The molecule has 1 rings (SSSR count).